The molecule has 1 aromatic carbocycles. The summed E-state index contributed by atoms with van der Waals surface area (Å²) < 4.78 is 16.4. The normalized spacial score (nSPS) is 18.3. The molecule has 0 unspecified atom stereocenters. The van der Waals surface area contributed by atoms with Crippen molar-refractivity contribution in [1.82, 2.24) is 10.1 Å². The summed E-state index contributed by atoms with van der Waals surface area (Å²) in [5.41, 5.74) is 2.19. The van der Waals surface area contributed by atoms with Crippen LogP contribution in [0.2, 0.25) is 0 Å². The van der Waals surface area contributed by atoms with E-state index in [1.807, 2.05) is 12.1 Å². The van der Waals surface area contributed by atoms with Crippen LogP contribution >= 0.6 is 0 Å². The fraction of sp³-hybridized carbons (Fsp3) is 0.526. The predicted molar refractivity (Wildman–Crippen MR) is 92.5 cm³/mol. The molecular formula is C19H26N2O3. The Morgan fingerprint density at radius 2 is 2.08 bits per heavy atom. The van der Waals surface area contributed by atoms with Crippen LogP contribution in [0.25, 0.3) is 0 Å². The van der Waals surface area contributed by atoms with Gasteiger partial charge in [-0.25, -0.2) is 0 Å². The van der Waals surface area contributed by atoms with E-state index in [0.29, 0.717) is 5.92 Å². The molecule has 1 aliphatic heterocycles. The van der Waals surface area contributed by atoms with Crippen LogP contribution in [0.4, 0.5) is 0 Å². The number of benzene rings is 1. The average molecular weight is 330 g/mol. The lowest BCUT2D eigenvalue weighted by molar-refractivity contribution is 0.204. The monoisotopic (exact) mass is 330 g/mol. The summed E-state index contributed by atoms with van der Waals surface area (Å²) >= 11 is 0. The number of likely N-dealkylation sites (tertiary alicyclic amines) is 1. The molecule has 3 rings (SSSR count). The van der Waals surface area contributed by atoms with Gasteiger partial charge in [0.2, 0.25) is 0 Å². The average Bonchev–Trinajstić information content (AvgIpc) is 3.24. The first-order chi connectivity index (χ1) is 11.6. The Bertz CT molecular complexity index is 681. The van der Waals surface area contributed by atoms with Crippen molar-refractivity contribution in [2.45, 2.75) is 45.2 Å². The topological polar surface area (TPSA) is 47.7 Å². The predicted octanol–water partition coefficient (Wildman–Crippen LogP) is 4.15. The van der Waals surface area contributed by atoms with Gasteiger partial charge in [0.15, 0.2) is 5.76 Å². The molecule has 0 radical (unpaired) electrons. The second-order valence-electron chi connectivity index (χ2n) is 6.62. The highest BCUT2D eigenvalue weighted by molar-refractivity contribution is 5.40. The molecule has 1 saturated heterocycles. The Kier molecular flexibility index (Phi) is 5.09. The molecule has 2 heterocycles. The molecule has 1 aliphatic rings. The zero-order chi connectivity index (χ0) is 17.1. The van der Waals surface area contributed by atoms with Crippen LogP contribution in [0.5, 0.6) is 11.5 Å². The van der Waals surface area contributed by atoms with Crippen molar-refractivity contribution in [3.05, 3.63) is 41.3 Å². The van der Waals surface area contributed by atoms with Crippen LogP contribution in [0.1, 0.15) is 55.7 Å². The summed E-state index contributed by atoms with van der Waals surface area (Å²) in [6, 6.07) is 8.39. The maximum Gasteiger partial charge on any atom is 0.154 e. The fourth-order valence-electron chi connectivity index (χ4n) is 3.27. The van der Waals surface area contributed by atoms with Gasteiger partial charge in [0.25, 0.3) is 0 Å². The first kappa shape index (κ1) is 16.8. The smallest absolute Gasteiger partial charge is 0.154 e. The van der Waals surface area contributed by atoms with Gasteiger partial charge in [-0.15, -0.1) is 0 Å². The van der Waals surface area contributed by atoms with Crippen molar-refractivity contribution in [2.24, 2.45) is 0 Å². The Labute approximate surface area is 143 Å². The highest BCUT2D eigenvalue weighted by Crippen LogP contribution is 2.36. The number of methoxy groups -OCH3 is 2. The van der Waals surface area contributed by atoms with Gasteiger partial charge in [0.1, 0.15) is 11.5 Å². The Balaban J connectivity index is 1.78. The maximum atomic E-state index is 5.63. The van der Waals surface area contributed by atoms with Gasteiger partial charge in [-0.05, 0) is 31.4 Å². The molecule has 1 atom stereocenters. The third-order valence-corrected chi connectivity index (χ3v) is 4.70. The van der Waals surface area contributed by atoms with Gasteiger partial charge in [-0.2, -0.15) is 0 Å². The second-order valence-corrected chi connectivity index (χ2v) is 6.62. The summed E-state index contributed by atoms with van der Waals surface area (Å²) in [6.07, 6.45) is 2.27. The van der Waals surface area contributed by atoms with Crippen molar-refractivity contribution in [3.63, 3.8) is 0 Å². The summed E-state index contributed by atoms with van der Waals surface area (Å²) in [7, 11) is 3.37. The maximum absolute atomic E-state index is 5.63. The zero-order valence-electron chi connectivity index (χ0n) is 14.9. The van der Waals surface area contributed by atoms with E-state index in [9.17, 15) is 0 Å². The fourth-order valence-corrected chi connectivity index (χ4v) is 3.27. The molecule has 5 nitrogen and oxygen atoms in total. The Morgan fingerprint density at radius 3 is 2.75 bits per heavy atom. The standard InChI is InChI=1S/C19H26N2O3/c1-13(2)16-11-19(24-20-16)17-6-5-9-21(17)12-14-7-8-15(22-3)10-18(14)23-4/h7-8,10-11,13,17H,5-6,9,12H2,1-4H3/t17-/m0/s1. The molecule has 5 heteroatoms. The van der Waals surface area contributed by atoms with E-state index in [4.69, 9.17) is 14.0 Å². The molecule has 0 amide bonds. The third kappa shape index (κ3) is 3.41. The molecule has 0 N–H and O–H groups in total. The van der Waals surface area contributed by atoms with E-state index >= 15 is 0 Å². The summed E-state index contributed by atoms with van der Waals surface area (Å²) in [4.78, 5) is 2.44. The van der Waals surface area contributed by atoms with E-state index in [1.54, 1.807) is 14.2 Å². The van der Waals surface area contributed by atoms with Crippen molar-refractivity contribution >= 4 is 0 Å². The number of hydrogen-bond donors (Lipinski definition) is 0. The number of nitrogens with zero attached hydrogens (tertiary/aromatic N) is 2. The molecule has 24 heavy (non-hydrogen) atoms. The van der Waals surface area contributed by atoms with Crippen LogP contribution < -0.4 is 9.47 Å². The first-order valence-corrected chi connectivity index (χ1v) is 8.53. The Morgan fingerprint density at radius 1 is 1.25 bits per heavy atom. The van der Waals surface area contributed by atoms with Crippen molar-refractivity contribution < 1.29 is 14.0 Å². The van der Waals surface area contributed by atoms with Crippen LogP contribution in [-0.4, -0.2) is 30.8 Å². The molecule has 0 bridgehead atoms. The van der Waals surface area contributed by atoms with Gasteiger partial charge in [-0.1, -0.05) is 25.1 Å². The van der Waals surface area contributed by atoms with E-state index in [0.717, 1.165) is 48.0 Å². The molecule has 0 saturated carbocycles. The van der Waals surface area contributed by atoms with Gasteiger partial charge in [-0.3, -0.25) is 4.90 Å². The van der Waals surface area contributed by atoms with Gasteiger partial charge in [0.05, 0.1) is 26.0 Å². The highest BCUT2D eigenvalue weighted by Gasteiger charge is 2.30. The second kappa shape index (κ2) is 7.26. The summed E-state index contributed by atoms with van der Waals surface area (Å²) in [6.45, 7) is 6.15. The van der Waals surface area contributed by atoms with E-state index in [1.165, 1.54) is 6.42 Å². The Hall–Kier alpha value is -2.01. The first-order valence-electron chi connectivity index (χ1n) is 8.53. The molecular weight excluding hydrogens is 304 g/mol. The number of ether oxygens (including phenoxy) is 2. The van der Waals surface area contributed by atoms with Crippen LogP contribution in [0, 0.1) is 0 Å². The summed E-state index contributed by atoms with van der Waals surface area (Å²) in [5.74, 6) is 3.04. The lowest BCUT2D eigenvalue weighted by Gasteiger charge is -2.23. The SMILES string of the molecule is COc1ccc(CN2CCC[C@H]2c2cc(C(C)C)no2)c(OC)c1. The number of rotatable bonds is 6. The molecule has 2 aromatic rings. The van der Waals surface area contributed by atoms with Crippen molar-refractivity contribution in [2.75, 3.05) is 20.8 Å². The van der Waals surface area contributed by atoms with E-state index < -0.39 is 0 Å². The third-order valence-electron chi connectivity index (χ3n) is 4.70. The van der Waals surface area contributed by atoms with Crippen molar-refractivity contribution in [3.8, 4) is 11.5 Å². The van der Waals surface area contributed by atoms with Gasteiger partial charge < -0.3 is 14.0 Å². The lowest BCUT2D eigenvalue weighted by Crippen LogP contribution is -2.22. The van der Waals surface area contributed by atoms with Gasteiger partial charge >= 0.3 is 0 Å². The molecule has 1 fully saturated rings. The van der Waals surface area contributed by atoms with Crippen LogP contribution in [0.3, 0.4) is 0 Å². The van der Waals surface area contributed by atoms with Gasteiger partial charge in [0, 0.05) is 24.2 Å². The van der Waals surface area contributed by atoms with Crippen LogP contribution in [0.15, 0.2) is 28.8 Å². The van der Waals surface area contributed by atoms with E-state index in [2.05, 4.69) is 36.0 Å². The molecule has 0 aliphatic carbocycles. The minimum Gasteiger partial charge on any atom is -0.497 e. The lowest BCUT2D eigenvalue weighted by atomic mass is 10.1. The zero-order valence-corrected chi connectivity index (χ0v) is 14.9. The quantitative estimate of drug-likeness (QED) is 0.796. The minimum atomic E-state index is 0.289. The number of hydrogen-bond acceptors (Lipinski definition) is 5. The highest BCUT2D eigenvalue weighted by atomic mass is 16.5. The largest absolute Gasteiger partial charge is 0.497 e. The molecule has 0 spiro atoms. The number of aromatic nitrogens is 1. The molecule has 1 aromatic heterocycles. The van der Waals surface area contributed by atoms with Crippen molar-refractivity contribution in [1.29, 1.82) is 0 Å². The molecule has 130 valence electrons. The summed E-state index contributed by atoms with van der Waals surface area (Å²) in [5, 5.41) is 4.22. The van der Waals surface area contributed by atoms with Crippen LogP contribution in [-0.2, 0) is 6.54 Å². The minimum absolute atomic E-state index is 0.289. The van der Waals surface area contributed by atoms with E-state index in [-0.39, 0.29) is 6.04 Å².